The first-order chi connectivity index (χ1) is 8.79. The third-order valence-corrected chi connectivity index (χ3v) is 2.83. The molecule has 18 heavy (non-hydrogen) atoms. The maximum Gasteiger partial charge on any atom is 0.119 e. The van der Waals surface area contributed by atoms with Gasteiger partial charge in [-0.05, 0) is 37.2 Å². The van der Waals surface area contributed by atoms with Crippen molar-refractivity contribution in [1.82, 2.24) is 5.32 Å². The van der Waals surface area contributed by atoms with Gasteiger partial charge in [0.1, 0.15) is 12.4 Å². The number of aryl methyl sites for hydroxylation is 1. The Morgan fingerprint density at radius 3 is 2.44 bits per heavy atom. The van der Waals surface area contributed by atoms with E-state index in [9.17, 15) is 0 Å². The second-order valence-electron chi connectivity index (χ2n) is 4.35. The summed E-state index contributed by atoms with van der Waals surface area (Å²) in [5, 5.41) is 3.06. The summed E-state index contributed by atoms with van der Waals surface area (Å²) in [7, 11) is 1.92. The molecule has 0 aliphatic carbocycles. The van der Waals surface area contributed by atoms with Crippen LogP contribution in [0, 0.1) is 6.92 Å². The predicted molar refractivity (Wildman–Crippen MR) is 76.0 cm³/mol. The fraction of sp³-hybridized carbons (Fsp3) is 0.250. The summed E-state index contributed by atoms with van der Waals surface area (Å²) < 4.78 is 5.60. The van der Waals surface area contributed by atoms with Crippen molar-refractivity contribution in [3.8, 4) is 16.9 Å². The van der Waals surface area contributed by atoms with Gasteiger partial charge in [0.05, 0.1) is 0 Å². The number of rotatable bonds is 5. The molecule has 0 aliphatic heterocycles. The minimum atomic E-state index is 0.695. The molecule has 0 atom stereocenters. The van der Waals surface area contributed by atoms with Gasteiger partial charge in [-0.2, -0.15) is 0 Å². The molecule has 0 radical (unpaired) electrons. The monoisotopic (exact) mass is 241 g/mol. The van der Waals surface area contributed by atoms with E-state index >= 15 is 0 Å². The van der Waals surface area contributed by atoms with Crippen LogP contribution < -0.4 is 10.1 Å². The smallest absolute Gasteiger partial charge is 0.119 e. The van der Waals surface area contributed by atoms with Crippen LogP contribution in [-0.4, -0.2) is 20.2 Å². The van der Waals surface area contributed by atoms with Crippen molar-refractivity contribution in [3.63, 3.8) is 0 Å². The molecule has 2 aromatic rings. The lowest BCUT2D eigenvalue weighted by Gasteiger charge is -2.07. The van der Waals surface area contributed by atoms with Crippen molar-refractivity contribution >= 4 is 0 Å². The molecule has 0 bridgehead atoms. The van der Waals surface area contributed by atoms with Gasteiger partial charge >= 0.3 is 0 Å². The zero-order valence-corrected chi connectivity index (χ0v) is 10.9. The molecular formula is C16H19NO. The highest BCUT2D eigenvalue weighted by molar-refractivity contribution is 5.64. The van der Waals surface area contributed by atoms with E-state index in [-0.39, 0.29) is 0 Å². The molecule has 0 unspecified atom stereocenters. The lowest BCUT2D eigenvalue weighted by atomic mass is 10.0. The Labute approximate surface area is 109 Å². The number of benzene rings is 2. The third-order valence-electron chi connectivity index (χ3n) is 2.83. The van der Waals surface area contributed by atoms with Crippen LogP contribution in [0.15, 0.2) is 48.5 Å². The first-order valence-corrected chi connectivity index (χ1v) is 6.24. The highest BCUT2D eigenvalue weighted by Gasteiger charge is 1.98. The fourth-order valence-corrected chi connectivity index (χ4v) is 1.84. The van der Waals surface area contributed by atoms with Gasteiger partial charge in [-0.15, -0.1) is 0 Å². The highest BCUT2D eigenvalue weighted by atomic mass is 16.5. The van der Waals surface area contributed by atoms with Crippen LogP contribution in [-0.2, 0) is 0 Å². The zero-order valence-electron chi connectivity index (χ0n) is 10.9. The molecule has 0 aromatic heterocycles. The summed E-state index contributed by atoms with van der Waals surface area (Å²) in [6.45, 7) is 3.67. The molecule has 0 saturated heterocycles. The number of hydrogen-bond acceptors (Lipinski definition) is 2. The Kier molecular flexibility index (Phi) is 4.37. The summed E-state index contributed by atoms with van der Waals surface area (Å²) >= 11 is 0. The van der Waals surface area contributed by atoms with Gasteiger partial charge in [-0.25, -0.2) is 0 Å². The van der Waals surface area contributed by atoms with Gasteiger partial charge in [0.2, 0.25) is 0 Å². The van der Waals surface area contributed by atoms with Gasteiger partial charge in [0.25, 0.3) is 0 Å². The van der Waals surface area contributed by atoms with Crippen molar-refractivity contribution in [3.05, 3.63) is 54.1 Å². The SMILES string of the molecule is CNCCOc1ccc(-c2cccc(C)c2)cc1. The molecule has 0 saturated carbocycles. The highest BCUT2D eigenvalue weighted by Crippen LogP contribution is 2.23. The third kappa shape index (κ3) is 3.34. The lowest BCUT2D eigenvalue weighted by molar-refractivity contribution is 0.318. The minimum Gasteiger partial charge on any atom is -0.492 e. The van der Waals surface area contributed by atoms with Gasteiger partial charge in [0, 0.05) is 6.54 Å². The van der Waals surface area contributed by atoms with Crippen LogP contribution in [0.5, 0.6) is 5.75 Å². The van der Waals surface area contributed by atoms with Crippen LogP contribution in [0.3, 0.4) is 0 Å². The van der Waals surface area contributed by atoms with Gasteiger partial charge in [-0.3, -0.25) is 0 Å². The van der Waals surface area contributed by atoms with Crippen LogP contribution in [0.1, 0.15) is 5.56 Å². The lowest BCUT2D eigenvalue weighted by Crippen LogP contribution is -2.15. The van der Waals surface area contributed by atoms with Crippen LogP contribution in [0.4, 0.5) is 0 Å². The van der Waals surface area contributed by atoms with E-state index in [0.717, 1.165) is 12.3 Å². The molecule has 2 nitrogen and oxygen atoms in total. The van der Waals surface area contributed by atoms with Crippen molar-refractivity contribution in [2.24, 2.45) is 0 Å². The number of hydrogen-bond donors (Lipinski definition) is 1. The predicted octanol–water partition coefficient (Wildman–Crippen LogP) is 3.26. The fourth-order valence-electron chi connectivity index (χ4n) is 1.84. The Bertz CT molecular complexity index is 491. The van der Waals surface area contributed by atoms with E-state index in [2.05, 4.69) is 48.6 Å². The van der Waals surface area contributed by atoms with E-state index in [1.165, 1.54) is 16.7 Å². The number of nitrogens with one attached hydrogen (secondary N) is 1. The van der Waals surface area contributed by atoms with Gasteiger partial charge in [0.15, 0.2) is 0 Å². The van der Waals surface area contributed by atoms with Crippen LogP contribution >= 0.6 is 0 Å². The largest absolute Gasteiger partial charge is 0.492 e. The second kappa shape index (κ2) is 6.22. The molecular weight excluding hydrogens is 222 g/mol. The Hall–Kier alpha value is -1.80. The molecule has 1 N–H and O–H groups in total. The number of ether oxygens (including phenoxy) is 1. The summed E-state index contributed by atoms with van der Waals surface area (Å²) in [6, 6.07) is 16.8. The molecule has 0 heterocycles. The summed E-state index contributed by atoms with van der Waals surface area (Å²) in [5.74, 6) is 0.918. The van der Waals surface area contributed by atoms with Gasteiger partial charge < -0.3 is 10.1 Å². The second-order valence-corrected chi connectivity index (χ2v) is 4.35. The Morgan fingerprint density at radius 1 is 1.00 bits per heavy atom. The standard InChI is InChI=1S/C16H19NO/c1-13-4-3-5-15(12-13)14-6-8-16(9-7-14)18-11-10-17-2/h3-9,12,17H,10-11H2,1-2H3. The molecule has 0 amide bonds. The first kappa shape index (κ1) is 12.7. The maximum absolute atomic E-state index is 5.60. The van der Waals surface area contributed by atoms with E-state index in [0.29, 0.717) is 6.61 Å². The summed E-state index contributed by atoms with van der Waals surface area (Å²) in [5.41, 5.74) is 3.75. The molecule has 94 valence electrons. The van der Waals surface area contributed by atoms with Crippen molar-refractivity contribution in [1.29, 1.82) is 0 Å². The van der Waals surface area contributed by atoms with Gasteiger partial charge in [-0.1, -0.05) is 42.0 Å². The van der Waals surface area contributed by atoms with Crippen LogP contribution in [0.25, 0.3) is 11.1 Å². The Morgan fingerprint density at radius 2 is 1.78 bits per heavy atom. The molecule has 2 rings (SSSR count). The molecule has 2 heteroatoms. The van der Waals surface area contributed by atoms with Crippen molar-refractivity contribution in [2.75, 3.05) is 20.2 Å². The van der Waals surface area contributed by atoms with Crippen LogP contribution in [0.2, 0.25) is 0 Å². The number of likely N-dealkylation sites (N-methyl/N-ethyl adjacent to an activating group) is 1. The first-order valence-electron chi connectivity index (χ1n) is 6.24. The molecule has 0 spiro atoms. The maximum atomic E-state index is 5.60. The Balaban J connectivity index is 2.07. The van der Waals surface area contributed by atoms with E-state index in [4.69, 9.17) is 4.74 Å². The van der Waals surface area contributed by atoms with E-state index < -0.39 is 0 Å². The molecule has 0 fully saturated rings. The molecule has 0 aliphatic rings. The average molecular weight is 241 g/mol. The normalized spacial score (nSPS) is 10.3. The summed E-state index contributed by atoms with van der Waals surface area (Å²) in [4.78, 5) is 0. The quantitative estimate of drug-likeness (QED) is 0.811. The zero-order chi connectivity index (χ0) is 12.8. The van der Waals surface area contributed by atoms with E-state index in [1.807, 2.05) is 19.2 Å². The van der Waals surface area contributed by atoms with E-state index in [1.54, 1.807) is 0 Å². The topological polar surface area (TPSA) is 21.3 Å². The van der Waals surface area contributed by atoms with Crippen molar-refractivity contribution < 1.29 is 4.74 Å². The molecule has 2 aromatic carbocycles. The minimum absolute atomic E-state index is 0.695. The average Bonchev–Trinajstić information content (AvgIpc) is 2.40. The summed E-state index contributed by atoms with van der Waals surface area (Å²) in [6.07, 6.45) is 0. The van der Waals surface area contributed by atoms with Crippen molar-refractivity contribution in [2.45, 2.75) is 6.92 Å².